The molecule has 0 aromatic carbocycles. The highest BCUT2D eigenvalue weighted by Gasteiger charge is 2.16. The smallest absolute Gasteiger partial charge is 0.138 e. The normalized spacial score (nSPS) is 12.9. The zero-order valence-electron chi connectivity index (χ0n) is 12.5. The Morgan fingerprint density at radius 2 is 1.95 bits per heavy atom. The van der Waals surface area contributed by atoms with Crippen molar-refractivity contribution in [2.75, 3.05) is 11.9 Å². The number of rotatable bonds is 5. The van der Waals surface area contributed by atoms with Crippen LogP contribution in [-0.2, 0) is 0 Å². The van der Waals surface area contributed by atoms with E-state index in [1.165, 1.54) is 15.8 Å². The standard InChI is InChI=1S/C15H23N3S/c1-6-8-16-14-12-10(4)11(5)19-15(12)18-13(17-14)9(3)7-2/h9H,6-8H2,1-5H3,(H,16,17,18). The van der Waals surface area contributed by atoms with Gasteiger partial charge in [0, 0.05) is 17.3 Å². The molecule has 0 aliphatic rings. The second kappa shape index (κ2) is 5.87. The van der Waals surface area contributed by atoms with Gasteiger partial charge in [-0.15, -0.1) is 11.3 Å². The Hall–Kier alpha value is -1.16. The number of hydrogen-bond acceptors (Lipinski definition) is 4. The van der Waals surface area contributed by atoms with Crippen molar-refractivity contribution in [1.82, 2.24) is 9.97 Å². The summed E-state index contributed by atoms with van der Waals surface area (Å²) in [6.07, 6.45) is 2.17. The molecular formula is C15H23N3S. The Morgan fingerprint density at radius 1 is 1.21 bits per heavy atom. The molecule has 2 aromatic heterocycles. The highest BCUT2D eigenvalue weighted by Crippen LogP contribution is 2.34. The lowest BCUT2D eigenvalue weighted by Gasteiger charge is -2.12. The first-order chi connectivity index (χ1) is 9.08. The lowest BCUT2D eigenvalue weighted by Crippen LogP contribution is -2.07. The third kappa shape index (κ3) is 2.73. The second-order valence-electron chi connectivity index (χ2n) is 5.13. The second-order valence-corrected chi connectivity index (χ2v) is 6.33. The molecule has 0 saturated carbocycles. The zero-order chi connectivity index (χ0) is 14.0. The third-order valence-electron chi connectivity index (χ3n) is 3.64. The van der Waals surface area contributed by atoms with Gasteiger partial charge >= 0.3 is 0 Å². The number of nitrogens with one attached hydrogen (secondary N) is 1. The molecule has 0 aliphatic carbocycles. The van der Waals surface area contributed by atoms with Crippen molar-refractivity contribution in [3.63, 3.8) is 0 Å². The summed E-state index contributed by atoms with van der Waals surface area (Å²) in [5, 5.41) is 4.68. The van der Waals surface area contributed by atoms with Crippen LogP contribution < -0.4 is 5.32 Å². The van der Waals surface area contributed by atoms with Crippen molar-refractivity contribution in [2.24, 2.45) is 0 Å². The van der Waals surface area contributed by atoms with Crippen LogP contribution in [0.1, 0.15) is 55.8 Å². The number of nitrogens with zero attached hydrogens (tertiary/aromatic N) is 2. The van der Waals surface area contributed by atoms with Gasteiger partial charge in [-0.25, -0.2) is 9.97 Å². The maximum absolute atomic E-state index is 4.77. The van der Waals surface area contributed by atoms with E-state index in [1.807, 2.05) is 0 Å². The van der Waals surface area contributed by atoms with Crippen LogP contribution in [0.15, 0.2) is 0 Å². The minimum Gasteiger partial charge on any atom is -0.369 e. The molecule has 2 heterocycles. The maximum Gasteiger partial charge on any atom is 0.138 e. The van der Waals surface area contributed by atoms with Crippen molar-refractivity contribution in [3.05, 3.63) is 16.3 Å². The average Bonchev–Trinajstić information content (AvgIpc) is 2.70. The van der Waals surface area contributed by atoms with E-state index >= 15 is 0 Å². The van der Waals surface area contributed by atoms with E-state index in [9.17, 15) is 0 Å². The van der Waals surface area contributed by atoms with E-state index in [2.05, 4.69) is 39.9 Å². The van der Waals surface area contributed by atoms with Crippen LogP contribution in [0.5, 0.6) is 0 Å². The molecule has 2 rings (SSSR count). The molecule has 1 atom stereocenters. The topological polar surface area (TPSA) is 37.8 Å². The van der Waals surface area contributed by atoms with Crippen LogP contribution in [0.3, 0.4) is 0 Å². The molecule has 104 valence electrons. The largest absolute Gasteiger partial charge is 0.369 e. The summed E-state index contributed by atoms with van der Waals surface area (Å²) in [5.74, 6) is 2.40. The van der Waals surface area contributed by atoms with E-state index < -0.39 is 0 Å². The number of fused-ring (bicyclic) bond motifs is 1. The van der Waals surface area contributed by atoms with Crippen molar-refractivity contribution in [2.45, 2.75) is 53.4 Å². The van der Waals surface area contributed by atoms with E-state index in [0.717, 1.165) is 35.9 Å². The molecule has 0 radical (unpaired) electrons. The van der Waals surface area contributed by atoms with Gasteiger partial charge in [-0.2, -0.15) is 0 Å². The Bertz CT molecular complexity index is 574. The van der Waals surface area contributed by atoms with Gasteiger partial charge in [0.1, 0.15) is 16.5 Å². The van der Waals surface area contributed by atoms with Gasteiger partial charge in [-0.05, 0) is 32.3 Å². The first-order valence-electron chi connectivity index (χ1n) is 7.09. The number of thiophene rings is 1. The predicted molar refractivity (Wildman–Crippen MR) is 84.4 cm³/mol. The molecule has 0 saturated heterocycles. The van der Waals surface area contributed by atoms with Crippen molar-refractivity contribution in [1.29, 1.82) is 0 Å². The Kier molecular flexibility index (Phi) is 4.40. The summed E-state index contributed by atoms with van der Waals surface area (Å²) >= 11 is 1.78. The summed E-state index contributed by atoms with van der Waals surface area (Å²) in [7, 11) is 0. The summed E-state index contributed by atoms with van der Waals surface area (Å²) < 4.78 is 0. The van der Waals surface area contributed by atoms with E-state index in [-0.39, 0.29) is 0 Å². The third-order valence-corrected chi connectivity index (χ3v) is 4.74. The van der Waals surface area contributed by atoms with Gasteiger partial charge in [0.25, 0.3) is 0 Å². The Morgan fingerprint density at radius 3 is 2.58 bits per heavy atom. The Labute approximate surface area is 119 Å². The van der Waals surface area contributed by atoms with Crippen LogP contribution in [0, 0.1) is 13.8 Å². The van der Waals surface area contributed by atoms with Gasteiger partial charge in [0.15, 0.2) is 0 Å². The maximum atomic E-state index is 4.77. The van der Waals surface area contributed by atoms with Gasteiger partial charge in [-0.3, -0.25) is 0 Å². The van der Waals surface area contributed by atoms with Crippen LogP contribution in [0.4, 0.5) is 5.82 Å². The van der Waals surface area contributed by atoms with E-state index in [4.69, 9.17) is 9.97 Å². The number of aromatic nitrogens is 2. The fourth-order valence-corrected chi connectivity index (χ4v) is 3.08. The van der Waals surface area contributed by atoms with Gasteiger partial charge in [-0.1, -0.05) is 20.8 Å². The molecule has 4 heteroatoms. The highest BCUT2D eigenvalue weighted by molar-refractivity contribution is 7.18. The fourth-order valence-electron chi connectivity index (χ4n) is 2.04. The van der Waals surface area contributed by atoms with Crippen LogP contribution in [0.2, 0.25) is 0 Å². The summed E-state index contributed by atoms with van der Waals surface area (Å²) in [5.41, 5.74) is 1.31. The molecule has 1 N–H and O–H groups in total. The predicted octanol–water partition coefficient (Wildman–Crippen LogP) is 4.64. The summed E-state index contributed by atoms with van der Waals surface area (Å²) in [6, 6.07) is 0. The molecule has 0 aliphatic heterocycles. The minimum absolute atomic E-state index is 0.411. The SMILES string of the molecule is CCCNc1nc(C(C)CC)nc2sc(C)c(C)c12. The van der Waals surface area contributed by atoms with Crippen molar-refractivity contribution >= 4 is 27.4 Å². The molecule has 2 aromatic rings. The molecule has 0 spiro atoms. The van der Waals surface area contributed by atoms with Gasteiger partial charge < -0.3 is 5.32 Å². The quantitative estimate of drug-likeness (QED) is 0.865. The monoisotopic (exact) mass is 277 g/mol. The zero-order valence-corrected chi connectivity index (χ0v) is 13.3. The molecule has 0 bridgehead atoms. The average molecular weight is 277 g/mol. The van der Waals surface area contributed by atoms with Crippen molar-refractivity contribution in [3.8, 4) is 0 Å². The van der Waals surface area contributed by atoms with E-state index in [0.29, 0.717) is 5.92 Å². The number of aryl methyl sites for hydroxylation is 2. The van der Waals surface area contributed by atoms with Crippen molar-refractivity contribution < 1.29 is 0 Å². The van der Waals surface area contributed by atoms with Crippen LogP contribution in [-0.4, -0.2) is 16.5 Å². The van der Waals surface area contributed by atoms with E-state index in [1.54, 1.807) is 11.3 Å². The molecule has 19 heavy (non-hydrogen) atoms. The van der Waals surface area contributed by atoms with Crippen LogP contribution in [0.25, 0.3) is 10.2 Å². The van der Waals surface area contributed by atoms with Crippen LogP contribution >= 0.6 is 11.3 Å². The molecule has 3 nitrogen and oxygen atoms in total. The molecule has 0 amide bonds. The minimum atomic E-state index is 0.411. The highest BCUT2D eigenvalue weighted by atomic mass is 32.1. The molecular weight excluding hydrogens is 254 g/mol. The first-order valence-corrected chi connectivity index (χ1v) is 7.91. The van der Waals surface area contributed by atoms with Gasteiger partial charge in [0.2, 0.25) is 0 Å². The fraction of sp³-hybridized carbons (Fsp3) is 0.600. The number of hydrogen-bond donors (Lipinski definition) is 1. The number of anilines is 1. The molecule has 0 fully saturated rings. The lowest BCUT2D eigenvalue weighted by molar-refractivity contribution is 0.684. The molecule has 1 unspecified atom stereocenters. The Balaban J connectivity index is 2.58. The first kappa shape index (κ1) is 14.3. The lowest BCUT2D eigenvalue weighted by atomic mass is 10.1. The van der Waals surface area contributed by atoms with Gasteiger partial charge in [0.05, 0.1) is 5.39 Å². The summed E-state index contributed by atoms with van der Waals surface area (Å²) in [4.78, 5) is 12.0. The summed E-state index contributed by atoms with van der Waals surface area (Å²) in [6.45, 7) is 11.8.